The number of rotatable bonds is 8. The summed E-state index contributed by atoms with van der Waals surface area (Å²) in [4.78, 5) is 4.52. The third kappa shape index (κ3) is 5.67. The molecule has 0 amide bonds. The molecular formula is C23H29N3O2. The SMILES string of the molecule is CC(Nc1cccc(COCCc2ccccc2)c1)c1nc(C(C)(C)C)no1. The first-order valence-corrected chi connectivity index (χ1v) is 9.73. The Kier molecular flexibility index (Phi) is 6.47. The smallest absolute Gasteiger partial charge is 0.248 e. The Hall–Kier alpha value is -2.66. The average Bonchev–Trinajstić information content (AvgIpc) is 3.17. The van der Waals surface area contributed by atoms with Crippen LogP contribution in [-0.2, 0) is 23.2 Å². The van der Waals surface area contributed by atoms with Gasteiger partial charge in [0.1, 0.15) is 6.04 Å². The van der Waals surface area contributed by atoms with Crippen LogP contribution in [0, 0.1) is 0 Å². The van der Waals surface area contributed by atoms with Crippen molar-refractivity contribution in [3.63, 3.8) is 0 Å². The van der Waals surface area contributed by atoms with Gasteiger partial charge in [0.2, 0.25) is 5.89 Å². The maximum atomic E-state index is 5.84. The van der Waals surface area contributed by atoms with Gasteiger partial charge in [0.15, 0.2) is 5.82 Å². The number of ether oxygens (including phenoxy) is 1. The van der Waals surface area contributed by atoms with E-state index in [0.29, 0.717) is 19.1 Å². The maximum absolute atomic E-state index is 5.84. The summed E-state index contributed by atoms with van der Waals surface area (Å²) >= 11 is 0. The first kappa shape index (κ1) is 20.1. The van der Waals surface area contributed by atoms with Crippen LogP contribution in [0.25, 0.3) is 0 Å². The highest BCUT2D eigenvalue weighted by Gasteiger charge is 2.23. The van der Waals surface area contributed by atoms with Crippen LogP contribution >= 0.6 is 0 Å². The largest absolute Gasteiger partial charge is 0.376 e. The molecule has 1 heterocycles. The summed E-state index contributed by atoms with van der Waals surface area (Å²) in [6.07, 6.45) is 0.920. The van der Waals surface area contributed by atoms with Crippen LogP contribution in [0.15, 0.2) is 59.1 Å². The number of nitrogens with one attached hydrogen (secondary N) is 1. The van der Waals surface area contributed by atoms with Crippen molar-refractivity contribution in [1.82, 2.24) is 10.1 Å². The average molecular weight is 380 g/mol. The summed E-state index contributed by atoms with van der Waals surface area (Å²) in [5, 5.41) is 7.52. The van der Waals surface area contributed by atoms with Crippen LogP contribution in [0.2, 0.25) is 0 Å². The molecule has 0 bridgehead atoms. The minimum Gasteiger partial charge on any atom is -0.376 e. The number of hydrogen-bond donors (Lipinski definition) is 1. The normalized spacial score (nSPS) is 12.7. The Morgan fingerprint density at radius 1 is 1.04 bits per heavy atom. The van der Waals surface area contributed by atoms with E-state index in [2.05, 4.69) is 72.6 Å². The lowest BCUT2D eigenvalue weighted by Gasteiger charge is -2.13. The molecule has 148 valence electrons. The van der Waals surface area contributed by atoms with Crippen molar-refractivity contribution >= 4 is 5.69 Å². The molecule has 0 fully saturated rings. The highest BCUT2D eigenvalue weighted by Crippen LogP contribution is 2.23. The van der Waals surface area contributed by atoms with Crippen LogP contribution in [0.4, 0.5) is 5.69 Å². The van der Waals surface area contributed by atoms with E-state index in [1.165, 1.54) is 5.56 Å². The lowest BCUT2D eigenvalue weighted by Crippen LogP contribution is -2.14. The third-order valence-electron chi connectivity index (χ3n) is 4.44. The molecule has 5 nitrogen and oxygen atoms in total. The molecule has 1 N–H and O–H groups in total. The topological polar surface area (TPSA) is 60.2 Å². The minimum atomic E-state index is -0.127. The fourth-order valence-electron chi connectivity index (χ4n) is 2.80. The van der Waals surface area contributed by atoms with Gasteiger partial charge in [0.25, 0.3) is 0 Å². The summed E-state index contributed by atoms with van der Waals surface area (Å²) in [6.45, 7) is 9.52. The molecule has 0 spiro atoms. The van der Waals surface area contributed by atoms with Gasteiger partial charge in [0.05, 0.1) is 13.2 Å². The van der Waals surface area contributed by atoms with E-state index in [4.69, 9.17) is 9.26 Å². The highest BCUT2D eigenvalue weighted by molar-refractivity contribution is 5.46. The third-order valence-corrected chi connectivity index (χ3v) is 4.44. The van der Waals surface area contributed by atoms with Gasteiger partial charge in [-0.25, -0.2) is 0 Å². The predicted octanol–water partition coefficient (Wildman–Crippen LogP) is 5.30. The minimum absolute atomic E-state index is 0.0714. The van der Waals surface area contributed by atoms with E-state index < -0.39 is 0 Å². The molecule has 5 heteroatoms. The summed E-state index contributed by atoms with van der Waals surface area (Å²) in [5.41, 5.74) is 3.30. The van der Waals surface area contributed by atoms with Gasteiger partial charge in [-0.2, -0.15) is 4.98 Å². The number of benzene rings is 2. The summed E-state index contributed by atoms with van der Waals surface area (Å²) in [6, 6.07) is 18.5. The van der Waals surface area contributed by atoms with E-state index in [1.807, 2.05) is 25.1 Å². The van der Waals surface area contributed by atoms with E-state index in [1.54, 1.807) is 0 Å². The molecule has 0 saturated heterocycles. The molecule has 0 aliphatic heterocycles. The van der Waals surface area contributed by atoms with E-state index in [9.17, 15) is 0 Å². The van der Waals surface area contributed by atoms with Crippen molar-refractivity contribution in [2.75, 3.05) is 11.9 Å². The number of nitrogens with zero attached hydrogens (tertiary/aromatic N) is 2. The van der Waals surface area contributed by atoms with E-state index >= 15 is 0 Å². The van der Waals surface area contributed by atoms with Crippen molar-refractivity contribution in [3.05, 3.63) is 77.4 Å². The Labute approximate surface area is 167 Å². The fourth-order valence-corrected chi connectivity index (χ4v) is 2.80. The van der Waals surface area contributed by atoms with Crippen LogP contribution in [-0.4, -0.2) is 16.7 Å². The van der Waals surface area contributed by atoms with E-state index in [-0.39, 0.29) is 11.5 Å². The molecule has 2 aromatic carbocycles. The van der Waals surface area contributed by atoms with Gasteiger partial charge in [-0.05, 0) is 36.6 Å². The molecule has 28 heavy (non-hydrogen) atoms. The molecule has 0 aliphatic rings. The van der Waals surface area contributed by atoms with E-state index in [0.717, 1.165) is 23.5 Å². The Morgan fingerprint density at radius 3 is 2.50 bits per heavy atom. The Balaban J connectivity index is 1.52. The van der Waals surface area contributed by atoms with Crippen molar-refractivity contribution in [2.24, 2.45) is 0 Å². The molecule has 1 aromatic heterocycles. The molecular weight excluding hydrogens is 350 g/mol. The monoisotopic (exact) mass is 379 g/mol. The van der Waals surface area contributed by atoms with Crippen molar-refractivity contribution in [2.45, 2.75) is 52.2 Å². The molecule has 0 radical (unpaired) electrons. The highest BCUT2D eigenvalue weighted by atomic mass is 16.5. The van der Waals surface area contributed by atoms with Gasteiger partial charge in [0, 0.05) is 11.1 Å². The predicted molar refractivity (Wildman–Crippen MR) is 111 cm³/mol. The molecule has 3 rings (SSSR count). The van der Waals surface area contributed by atoms with Crippen LogP contribution in [0.5, 0.6) is 0 Å². The maximum Gasteiger partial charge on any atom is 0.248 e. The summed E-state index contributed by atoms with van der Waals surface area (Å²) in [5.74, 6) is 1.31. The zero-order valence-corrected chi connectivity index (χ0v) is 17.1. The Morgan fingerprint density at radius 2 is 1.79 bits per heavy atom. The second kappa shape index (κ2) is 9.02. The first-order chi connectivity index (χ1) is 13.4. The Bertz CT molecular complexity index is 869. The fraction of sp³-hybridized carbons (Fsp3) is 0.391. The van der Waals surface area contributed by atoms with Gasteiger partial charge in [-0.15, -0.1) is 0 Å². The van der Waals surface area contributed by atoms with Crippen LogP contribution in [0.3, 0.4) is 0 Å². The number of aromatic nitrogens is 2. The van der Waals surface area contributed by atoms with Gasteiger partial charge < -0.3 is 14.6 Å². The van der Waals surface area contributed by atoms with Crippen molar-refractivity contribution in [1.29, 1.82) is 0 Å². The number of anilines is 1. The second-order valence-electron chi connectivity index (χ2n) is 8.06. The lowest BCUT2D eigenvalue weighted by molar-refractivity contribution is 0.124. The number of hydrogen-bond acceptors (Lipinski definition) is 5. The zero-order chi connectivity index (χ0) is 20.0. The molecule has 1 unspecified atom stereocenters. The van der Waals surface area contributed by atoms with Crippen molar-refractivity contribution in [3.8, 4) is 0 Å². The van der Waals surface area contributed by atoms with Crippen LogP contribution in [0.1, 0.15) is 56.6 Å². The molecule has 0 saturated carbocycles. The first-order valence-electron chi connectivity index (χ1n) is 9.73. The van der Waals surface area contributed by atoms with Gasteiger partial charge >= 0.3 is 0 Å². The zero-order valence-electron chi connectivity index (χ0n) is 17.1. The quantitative estimate of drug-likeness (QED) is 0.538. The van der Waals surface area contributed by atoms with Gasteiger partial charge in [-0.1, -0.05) is 68.4 Å². The van der Waals surface area contributed by atoms with Gasteiger partial charge in [-0.3, -0.25) is 0 Å². The summed E-state index contributed by atoms with van der Waals surface area (Å²) < 4.78 is 11.3. The molecule has 1 atom stereocenters. The standard InChI is InChI=1S/C23H29N3O2/c1-17(21-25-22(26-28-21)23(2,3)4)24-20-12-8-11-19(15-20)16-27-14-13-18-9-6-5-7-10-18/h5-12,15,17,24H,13-14,16H2,1-4H3. The molecule has 3 aromatic rings. The van der Waals surface area contributed by atoms with Crippen LogP contribution < -0.4 is 5.32 Å². The second-order valence-corrected chi connectivity index (χ2v) is 8.06. The van der Waals surface area contributed by atoms with Crippen molar-refractivity contribution < 1.29 is 9.26 Å². The lowest BCUT2D eigenvalue weighted by atomic mass is 9.96. The molecule has 0 aliphatic carbocycles. The summed E-state index contributed by atoms with van der Waals surface area (Å²) in [7, 11) is 0.